The zero-order valence-electron chi connectivity index (χ0n) is 19.8. The second kappa shape index (κ2) is 9.79. The third-order valence-corrected chi connectivity index (χ3v) is 6.52. The van der Waals surface area contributed by atoms with Crippen LogP contribution in [0.5, 0.6) is 0 Å². The number of hydrogen-bond donors (Lipinski definition) is 1. The van der Waals surface area contributed by atoms with Crippen molar-refractivity contribution in [3.63, 3.8) is 0 Å². The highest BCUT2D eigenvalue weighted by Crippen LogP contribution is 2.40. The minimum Gasteiger partial charge on any atom is -0.378 e. The van der Waals surface area contributed by atoms with Gasteiger partial charge in [0.05, 0.1) is 25.5 Å². The van der Waals surface area contributed by atoms with E-state index in [1.165, 1.54) is 0 Å². The van der Waals surface area contributed by atoms with E-state index in [1.807, 2.05) is 23.1 Å². The smallest absolute Gasteiger partial charge is 0.272 e. The summed E-state index contributed by atoms with van der Waals surface area (Å²) in [6.45, 7) is 5.92. The highest BCUT2D eigenvalue weighted by molar-refractivity contribution is 5.95. The fourth-order valence-corrected chi connectivity index (χ4v) is 4.83. The first-order chi connectivity index (χ1) is 17.0. The minimum atomic E-state index is -0.0791. The molecule has 9 heteroatoms. The Morgan fingerprint density at radius 2 is 1.83 bits per heavy atom. The summed E-state index contributed by atoms with van der Waals surface area (Å²) >= 11 is 0. The highest BCUT2D eigenvalue weighted by atomic mass is 16.5. The molecule has 0 spiro atoms. The Labute approximate surface area is 204 Å². The van der Waals surface area contributed by atoms with Gasteiger partial charge in [0.15, 0.2) is 0 Å². The molecule has 2 atom stereocenters. The number of nitrogens with zero attached hydrogens (tertiary/aromatic N) is 5. The van der Waals surface area contributed by atoms with Crippen LogP contribution in [0.25, 0.3) is 11.1 Å². The number of nitrogens with one attached hydrogen (secondary N) is 1. The molecule has 180 valence electrons. The van der Waals surface area contributed by atoms with Crippen molar-refractivity contribution in [1.82, 2.24) is 19.9 Å². The standard InChI is InChI=1S/C26H28N6O3/c1-17-13-23(30-25-16-27-7-8-28-25)21-14-19(4-6-24(21)32(17)18(2)33)20-3-5-22(29-15-20)26(34)31-9-11-35-12-10-31/h3-8,14-17,23H,9-13H2,1-2H3,(H,28,30). The van der Waals surface area contributed by atoms with Crippen molar-refractivity contribution in [2.75, 3.05) is 36.5 Å². The van der Waals surface area contributed by atoms with Crippen LogP contribution in [-0.4, -0.2) is 64.0 Å². The average Bonchev–Trinajstić information content (AvgIpc) is 2.89. The molecule has 5 rings (SSSR count). The zero-order valence-corrected chi connectivity index (χ0v) is 19.8. The Balaban J connectivity index is 1.45. The van der Waals surface area contributed by atoms with Crippen LogP contribution in [0, 0.1) is 0 Å². The van der Waals surface area contributed by atoms with E-state index in [9.17, 15) is 9.59 Å². The topological polar surface area (TPSA) is 101 Å². The summed E-state index contributed by atoms with van der Waals surface area (Å²) in [6.07, 6.45) is 7.45. The number of anilines is 2. The van der Waals surface area contributed by atoms with Gasteiger partial charge < -0.3 is 19.9 Å². The van der Waals surface area contributed by atoms with E-state index in [0.29, 0.717) is 37.8 Å². The summed E-state index contributed by atoms with van der Waals surface area (Å²) in [5.74, 6) is 0.617. The first kappa shape index (κ1) is 22.9. The van der Waals surface area contributed by atoms with Gasteiger partial charge in [-0.2, -0.15) is 0 Å². The SMILES string of the molecule is CC(=O)N1c2ccc(-c3ccc(C(=O)N4CCOCC4)nc3)cc2C(Nc2cnccn2)CC1C. The van der Waals surface area contributed by atoms with Gasteiger partial charge in [0.1, 0.15) is 11.5 Å². The van der Waals surface area contributed by atoms with Gasteiger partial charge in [-0.15, -0.1) is 0 Å². The molecular weight excluding hydrogens is 444 g/mol. The van der Waals surface area contributed by atoms with Gasteiger partial charge in [-0.25, -0.2) is 4.98 Å². The lowest BCUT2D eigenvalue weighted by Crippen LogP contribution is -2.43. The number of benzene rings is 1. The van der Waals surface area contributed by atoms with Crippen molar-refractivity contribution < 1.29 is 14.3 Å². The number of carbonyl (C=O) groups is 2. The van der Waals surface area contributed by atoms with E-state index in [-0.39, 0.29) is 23.9 Å². The van der Waals surface area contributed by atoms with Crippen LogP contribution in [0.4, 0.5) is 11.5 Å². The normalized spacial score (nSPS) is 19.7. The van der Waals surface area contributed by atoms with Crippen LogP contribution in [0.3, 0.4) is 0 Å². The number of rotatable bonds is 4. The molecule has 0 saturated carbocycles. The molecule has 9 nitrogen and oxygen atoms in total. The van der Waals surface area contributed by atoms with Crippen molar-refractivity contribution >= 4 is 23.3 Å². The quantitative estimate of drug-likeness (QED) is 0.622. The number of morpholine rings is 1. The van der Waals surface area contributed by atoms with Crippen molar-refractivity contribution in [2.45, 2.75) is 32.4 Å². The number of amides is 2. The van der Waals surface area contributed by atoms with Gasteiger partial charge in [-0.1, -0.05) is 12.1 Å². The molecule has 0 aliphatic carbocycles. The number of hydrogen-bond acceptors (Lipinski definition) is 7. The number of aromatic nitrogens is 3. The Kier molecular flexibility index (Phi) is 6.41. The molecule has 1 saturated heterocycles. The molecule has 1 aromatic carbocycles. The Morgan fingerprint density at radius 1 is 1.03 bits per heavy atom. The van der Waals surface area contributed by atoms with Gasteiger partial charge in [0.2, 0.25) is 5.91 Å². The zero-order chi connectivity index (χ0) is 24.4. The van der Waals surface area contributed by atoms with E-state index < -0.39 is 0 Å². The Hall–Kier alpha value is -3.85. The molecule has 1 N–H and O–H groups in total. The predicted molar refractivity (Wildman–Crippen MR) is 132 cm³/mol. The summed E-state index contributed by atoms with van der Waals surface area (Å²) in [7, 11) is 0. The van der Waals surface area contributed by atoms with E-state index in [0.717, 1.165) is 28.8 Å². The molecule has 2 unspecified atom stereocenters. The van der Waals surface area contributed by atoms with E-state index in [1.54, 1.807) is 42.7 Å². The molecule has 2 aromatic heterocycles. The van der Waals surface area contributed by atoms with Gasteiger partial charge in [-0.05, 0) is 42.7 Å². The molecule has 4 heterocycles. The van der Waals surface area contributed by atoms with Crippen LogP contribution in [0.15, 0.2) is 55.1 Å². The van der Waals surface area contributed by atoms with Crippen LogP contribution in [-0.2, 0) is 9.53 Å². The molecule has 1 fully saturated rings. The summed E-state index contributed by atoms with van der Waals surface area (Å²) < 4.78 is 5.33. The predicted octanol–water partition coefficient (Wildman–Crippen LogP) is 3.31. The third kappa shape index (κ3) is 4.72. The van der Waals surface area contributed by atoms with Crippen LogP contribution < -0.4 is 10.2 Å². The first-order valence-electron chi connectivity index (χ1n) is 11.8. The lowest BCUT2D eigenvalue weighted by Gasteiger charge is -2.39. The number of pyridine rings is 1. The van der Waals surface area contributed by atoms with Crippen molar-refractivity contribution in [2.24, 2.45) is 0 Å². The van der Waals surface area contributed by atoms with Crippen molar-refractivity contribution in [3.05, 3.63) is 66.4 Å². The summed E-state index contributed by atoms with van der Waals surface area (Å²) in [5, 5.41) is 3.48. The molecule has 2 aliphatic rings. The van der Waals surface area contributed by atoms with Crippen molar-refractivity contribution in [3.8, 4) is 11.1 Å². The third-order valence-electron chi connectivity index (χ3n) is 6.52. The average molecular weight is 473 g/mol. The van der Waals surface area contributed by atoms with E-state index in [4.69, 9.17) is 4.74 Å². The summed E-state index contributed by atoms with van der Waals surface area (Å²) in [4.78, 5) is 41.8. The first-order valence-corrected chi connectivity index (χ1v) is 11.8. The summed E-state index contributed by atoms with van der Waals surface area (Å²) in [5.41, 5.74) is 4.18. The van der Waals surface area contributed by atoms with Gasteiger partial charge in [0.25, 0.3) is 5.91 Å². The number of ether oxygens (including phenoxy) is 1. The number of carbonyl (C=O) groups excluding carboxylic acids is 2. The van der Waals surface area contributed by atoms with Crippen LogP contribution in [0.2, 0.25) is 0 Å². The molecule has 0 bridgehead atoms. The summed E-state index contributed by atoms with van der Waals surface area (Å²) in [6, 6.07) is 9.75. The molecule has 2 aliphatic heterocycles. The largest absolute Gasteiger partial charge is 0.378 e. The van der Waals surface area contributed by atoms with Gasteiger partial charge in [0, 0.05) is 55.9 Å². The van der Waals surface area contributed by atoms with Gasteiger partial charge >= 0.3 is 0 Å². The Bertz CT molecular complexity index is 1210. The lowest BCUT2D eigenvalue weighted by molar-refractivity contribution is -0.117. The fourth-order valence-electron chi connectivity index (χ4n) is 4.83. The van der Waals surface area contributed by atoms with E-state index in [2.05, 4.69) is 33.3 Å². The Morgan fingerprint density at radius 3 is 2.51 bits per heavy atom. The monoisotopic (exact) mass is 472 g/mol. The fraction of sp³-hybridized carbons (Fsp3) is 0.346. The maximum atomic E-state index is 12.7. The van der Waals surface area contributed by atoms with Crippen LogP contribution in [0.1, 0.15) is 42.4 Å². The second-order valence-electron chi connectivity index (χ2n) is 8.87. The maximum Gasteiger partial charge on any atom is 0.272 e. The molecule has 2 amide bonds. The highest BCUT2D eigenvalue weighted by Gasteiger charge is 2.33. The van der Waals surface area contributed by atoms with Crippen molar-refractivity contribution in [1.29, 1.82) is 0 Å². The molecule has 0 radical (unpaired) electrons. The van der Waals surface area contributed by atoms with Crippen LogP contribution >= 0.6 is 0 Å². The second-order valence-corrected chi connectivity index (χ2v) is 8.87. The van der Waals surface area contributed by atoms with E-state index >= 15 is 0 Å². The molecule has 3 aromatic rings. The molecule has 35 heavy (non-hydrogen) atoms. The molecular formula is C26H28N6O3. The lowest BCUT2D eigenvalue weighted by atomic mass is 9.89. The van der Waals surface area contributed by atoms with Gasteiger partial charge in [-0.3, -0.25) is 19.6 Å². The maximum absolute atomic E-state index is 12.7. The minimum absolute atomic E-state index is 0.0112. The number of fused-ring (bicyclic) bond motifs is 1.